The van der Waals surface area contributed by atoms with E-state index in [1.54, 1.807) is 38.4 Å². The molecule has 0 aliphatic heterocycles. The Morgan fingerprint density at radius 2 is 1.18 bits per heavy atom. The fourth-order valence-electron chi connectivity index (χ4n) is 6.65. The number of hydrogen-bond donors (Lipinski definition) is 3. The number of carbonyl (C=O) groups excluding carboxylic acids is 4. The summed E-state index contributed by atoms with van der Waals surface area (Å²) >= 11 is 0. The number of ether oxygens (including phenoxy) is 4. The van der Waals surface area contributed by atoms with Crippen LogP contribution >= 0.6 is 7.60 Å². The molecule has 0 saturated heterocycles. The first-order valence-electron chi connectivity index (χ1n) is 24.3. The number of terminal acetylenes is 1. The predicted molar refractivity (Wildman–Crippen MR) is 272 cm³/mol. The first-order chi connectivity index (χ1) is 35.1. The minimum Gasteiger partial charge on any atom is -0.493 e. The molecule has 1 aromatic heterocycles. The van der Waals surface area contributed by atoms with Crippen LogP contribution in [0.1, 0.15) is 133 Å². The third-order valence-electron chi connectivity index (χ3n) is 10.2. The quantitative estimate of drug-likeness (QED) is 0.00491. The second-order valence-corrected chi connectivity index (χ2v) is 17.9. The van der Waals surface area contributed by atoms with Gasteiger partial charge in [-0.1, -0.05) is 43.2 Å². The van der Waals surface area contributed by atoms with Crippen LogP contribution in [0.3, 0.4) is 0 Å². The molecule has 2 aromatic carbocycles. The van der Waals surface area contributed by atoms with Gasteiger partial charge in [0.1, 0.15) is 17.8 Å². The molecule has 3 rings (SSSR count). The van der Waals surface area contributed by atoms with Crippen molar-refractivity contribution in [3.8, 4) is 23.8 Å². The molecule has 0 radical (unpaired) electrons. The normalized spacial score (nSPS) is 10.2. The number of aromatic nitrogens is 1. The Kier molecular flexibility index (Phi) is 38.0. The smallest absolute Gasteiger partial charge is 0.446 e. The van der Waals surface area contributed by atoms with Crippen molar-refractivity contribution in [2.75, 3.05) is 40.6 Å². The van der Waals surface area contributed by atoms with Crippen LogP contribution in [-0.2, 0) is 77.5 Å². The van der Waals surface area contributed by atoms with Gasteiger partial charge >= 0.3 is 36.9 Å². The van der Waals surface area contributed by atoms with Crippen LogP contribution < -0.4 is 14.2 Å². The Balaban J connectivity index is 0.00000106. The van der Waals surface area contributed by atoms with Crippen LogP contribution in [0.4, 0.5) is 0 Å². The molecule has 0 spiro atoms. The number of carboxylic acids is 2. The number of pyridine rings is 1. The third kappa shape index (κ3) is 31.4. The van der Waals surface area contributed by atoms with Gasteiger partial charge in [0.25, 0.3) is 0 Å². The highest BCUT2D eigenvalue weighted by Gasteiger charge is 2.41. The van der Waals surface area contributed by atoms with Crippen molar-refractivity contribution in [3.05, 3.63) is 94.8 Å². The lowest BCUT2D eigenvalue weighted by molar-refractivity contribution is -0.904. The summed E-state index contributed by atoms with van der Waals surface area (Å²) in [5.74, 6) is 1.24. The van der Waals surface area contributed by atoms with E-state index >= 15 is 0 Å². The van der Waals surface area contributed by atoms with Gasteiger partial charge in [-0.25, -0.2) is 4.57 Å². The maximum Gasteiger partial charge on any atom is 0.446 e. The highest BCUT2D eigenvalue weighted by Crippen LogP contribution is 2.47. The first-order valence-corrected chi connectivity index (χ1v) is 25.8. The molecule has 402 valence electrons. The molecule has 0 fully saturated rings. The summed E-state index contributed by atoms with van der Waals surface area (Å²) in [7, 11) is -1.51. The van der Waals surface area contributed by atoms with Gasteiger partial charge in [-0.2, -0.15) is 4.79 Å². The largest absolute Gasteiger partial charge is 0.493 e. The third-order valence-corrected chi connectivity index (χ3v) is 12.1. The number of esters is 2. The van der Waals surface area contributed by atoms with Gasteiger partial charge in [0.15, 0.2) is 0 Å². The molecule has 0 saturated carbocycles. The lowest BCUT2D eigenvalue weighted by Gasteiger charge is -2.16. The maximum absolute atomic E-state index is 11.8. The number of Topliss-reactive ketones (excluding diaryl/α,β-unsaturated/α-hetero) is 1. The van der Waals surface area contributed by atoms with E-state index in [0.717, 1.165) is 118 Å². The van der Waals surface area contributed by atoms with Gasteiger partial charge in [0.05, 0.1) is 26.4 Å². The number of aryl methyl sites for hydroxylation is 2. The van der Waals surface area contributed by atoms with E-state index in [1.807, 2.05) is 36.4 Å². The van der Waals surface area contributed by atoms with Crippen molar-refractivity contribution in [3.63, 3.8) is 0 Å². The highest BCUT2D eigenvalue weighted by molar-refractivity contribution is 7.74. The molecular weight excluding hydrogens is 966 g/mol. The van der Waals surface area contributed by atoms with Crippen LogP contribution in [0.15, 0.2) is 67.0 Å². The highest BCUT2D eigenvalue weighted by atomic mass is 31.2. The van der Waals surface area contributed by atoms with Crippen molar-refractivity contribution in [1.29, 1.82) is 0 Å². The second-order valence-electron chi connectivity index (χ2n) is 15.7. The summed E-state index contributed by atoms with van der Waals surface area (Å²) in [4.78, 5) is 68.5. The van der Waals surface area contributed by atoms with E-state index < -0.39 is 30.8 Å². The zero-order valence-corrected chi connectivity index (χ0v) is 43.9. The number of unbranched alkanes of at least 4 members (excludes halogenated alkanes) is 6. The lowest BCUT2D eigenvalue weighted by Crippen LogP contribution is -2.27. The summed E-state index contributed by atoms with van der Waals surface area (Å²) < 4.78 is 42.9. The molecule has 0 aliphatic carbocycles. The van der Waals surface area contributed by atoms with Crippen molar-refractivity contribution < 1.29 is 86.3 Å². The number of carbonyl (C=O) groups is 6. The van der Waals surface area contributed by atoms with Crippen LogP contribution in [0.5, 0.6) is 11.5 Å². The van der Waals surface area contributed by atoms with Crippen LogP contribution in [0, 0.1) is 12.3 Å². The van der Waals surface area contributed by atoms with Gasteiger partial charge < -0.3 is 48.5 Å². The van der Waals surface area contributed by atoms with E-state index in [0.29, 0.717) is 77.1 Å². The monoisotopic (exact) mass is 1040 g/mol. The standard InChI is InChI=1S/C23H34O6.C20H26O5.C5H9N2O4P.C5H6NO/c1-3-27-22(25)14-10-18-29-21-13-9-12-19(11-7-5-6-8-17-24)20(21)15-16-23(26)28-4-2;1-2-3-4-5-6-9-16-10-7-11-18(17(16)13-14-20(23)24)25-15-8-12-19(21)22;1-4(8)5(7-6)12(9,10-2)11-3;7-6-4-2-1-3-5-6/h9,12-13,17H,3-8,10-11,14-16,18H2,1-2H3;1,7,10-11H,3-6,8-9,12-15H2,(H,21,22)(H,23,24);1-3H3;1-5,7H/q;;;+1. The topological polar surface area (TPSA) is 276 Å². The zero-order chi connectivity index (χ0) is 54.7. The zero-order valence-electron chi connectivity index (χ0n) is 43.0. The Bertz CT molecular complexity index is 2240. The number of hydrogen-bond acceptors (Lipinski definition) is 14. The molecule has 0 atom stereocenters. The van der Waals surface area contributed by atoms with Crippen LogP contribution in [0.2, 0.25) is 0 Å². The molecule has 0 unspecified atom stereocenters. The molecule has 20 heteroatoms. The Hall–Kier alpha value is -6.70. The SMILES string of the molecule is C#CCCCCCc1cccc(OCCCC(=O)O)c1CCC(=O)O.CCOC(=O)CCCOc1cccc(CCCCCC=O)c1CCC(=O)OCC.COP(=O)(OC)C(=[N+]=[N-])C(C)=O.O[n+]1ccccc1. The van der Waals surface area contributed by atoms with Crippen LogP contribution in [-0.4, -0.2) is 102 Å². The average Bonchev–Trinajstić information content (AvgIpc) is 3.36. The van der Waals surface area contributed by atoms with E-state index in [9.17, 15) is 33.3 Å². The van der Waals surface area contributed by atoms with E-state index in [4.69, 9.17) is 46.3 Å². The van der Waals surface area contributed by atoms with Gasteiger partial charge in [0, 0.05) is 76.5 Å². The minimum atomic E-state index is -3.70. The Morgan fingerprint density at radius 3 is 1.59 bits per heavy atom. The molecular formula is C53H75N3O16P+. The fourth-order valence-corrected chi connectivity index (χ4v) is 7.64. The Labute approximate surface area is 429 Å². The number of nitrogens with zero attached hydrogens (tertiary/aromatic N) is 3. The molecule has 0 amide bonds. The van der Waals surface area contributed by atoms with E-state index in [-0.39, 0.29) is 24.8 Å². The van der Waals surface area contributed by atoms with E-state index in [1.165, 1.54) is 0 Å². The second kappa shape index (κ2) is 41.9. The summed E-state index contributed by atoms with van der Waals surface area (Å²) in [5.41, 5.74) is 11.9. The van der Waals surface area contributed by atoms with Gasteiger partial charge in [0.2, 0.25) is 18.2 Å². The molecule has 0 bridgehead atoms. The summed E-state index contributed by atoms with van der Waals surface area (Å²) in [5, 5.41) is 26.2. The maximum atomic E-state index is 11.8. The van der Waals surface area contributed by atoms with Gasteiger partial charge in [-0.3, -0.25) is 29.2 Å². The van der Waals surface area contributed by atoms with E-state index in [2.05, 4.69) is 25.8 Å². The fraction of sp³-hybridized carbons (Fsp3) is 0.509. The number of carboxylic acid groups (broad SMARTS) is 2. The summed E-state index contributed by atoms with van der Waals surface area (Å²) in [6.45, 7) is 6.14. The van der Waals surface area contributed by atoms with Crippen LogP contribution in [0.25, 0.3) is 5.53 Å². The van der Waals surface area contributed by atoms with Crippen molar-refractivity contribution in [2.24, 2.45) is 0 Å². The minimum absolute atomic E-state index is 0.0413. The predicted octanol–water partition coefficient (Wildman–Crippen LogP) is 8.79. The first kappa shape index (κ1) is 66.3. The molecule has 73 heavy (non-hydrogen) atoms. The number of ketones is 1. The molecule has 3 aromatic rings. The van der Waals surface area contributed by atoms with Crippen molar-refractivity contribution in [1.82, 2.24) is 0 Å². The van der Waals surface area contributed by atoms with Crippen molar-refractivity contribution in [2.45, 2.75) is 136 Å². The van der Waals surface area contributed by atoms with Gasteiger partial charge in [-0.15, -0.1) is 12.3 Å². The Morgan fingerprint density at radius 1 is 0.685 bits per heavy atom. The number of aliphatic carboxylic acids is 2. The summed E-state index contributed by atoms with van der Waals surface area (Å²) in [6.07, 6.45) is 21.0. The molecule has 1 heterocycles. The van der Waals surface area contributed by atoms with Gasteiger partial charge in [-0.05, 0) is 112 Å². The average molecular weight is 1040 g/mol. The number of aldehydes is 1. The number of rotatable bonds is 33. The van der Waals surface area contributed by atoms with Crippen molar-refractivity contribution >= 4 is 49.0 Å². The molecule has 0 aliphatic rings. The lowest BCUT2D eigenvalue weighted by atomic mass is 9.97. The summed E-state index contributed by atoms with van der Waals surface area (Å²) in [6, 6.07) is 17.0. The molecule has 3 N–H and O–H groups in total. The molecule has 19 nitrogen and oxygen atoms in total. The number of benzene rings is 2.